The van der Waals surface area contributed by atoms with Gasteiger partial charge in [-0.2, -0.15) is 11.3 Å². The van der Waals surface area contributed by atoms with E-state index in [1.54, 1.807) is 11.3 Å². The van der Waals surface area contributed by atoms with Gasteiger partial charge in [-0.1, -0.05) is 11.6 Å². The van der Waals surface area contributed by atoms with Crippen LogP contribution in [-0.2, 0) is 6.42 Å². The van der Waals surface area contributed by atoms with E-state index in [1.807, 2.05) is 0 Å². The minimum Gasteiger partial charge on any atom is -0.152 e. The average Bonchev–Trinajstić information content (AvgIpc) is 2.53. The average molecular weight is 201 g/mol. The van der Waals surface area contributed by atoms with Gasteiger partial charge < -0.3 is 0 Å². The summed E-state index contributed by atoms with van der Waals surface area (Å²) in [5, 5.41) is 4.31. The zero-order valence-electron chi connectivity index (χ0n) is 7.22. The summed E-state index contributed by atoms with van der Waals surface area (Å²) in [6, 6.07) is 2.17. The first-order valence-electron chi connectivity index (χ1n) is 4.05. The predicted octanol–water partition coefficient (Wildman–Crippen LogP) is 3.87. The van der Waals surface area contributed by atoms with Crippen LogP contribution in [0.2, 0.25) is 0 Å². The Labute approximate surface area is 82.9 Å². The first kappa shape index (κ1) is 9.82. The largest absolute Gasteiger partial charge is 0.152 e. The normalized spacial score (nSPS) is 12.0. The Bertz CT molecular complexity index is 236. The zero-order valence-corrected chi connectivity index (χ0v) is 8.79. The van der Waals surface area contributed by atoms with Gasteiger partial charge in [-0.25, -0.2) is 0 Å². The molecular weight excluding hydrogens is 188 g/mol. The molecule has 0 saturated carbocycles. The number of hydrogen-bond donors (Lipinski definition) is 0. The summed E-state index contributed by atoms with van der Waals surface area (Å²) >= 11 is 7.34. The fraction of sp³-hybridized carbons (Fsp3) is 0.400. The van der Waals surface area contributed by atoms with Crippen molar-refractivity contribution in [3.63, 3.8) is 0 Å². The molecule has 0 bridgehead atoms. The molecule has 0 unspecified atom stereocenters. The van der Waals surface area contributed by atoms with Crippen molar-refractivity contribution in [1.29, 1.82) is 0 Å². The maximum atomic E-state index is 5.58. The molecule has 2 heteroatoms. The molecule has 1 aromatic rings. The molecule has 0 atom stereocenters. The van der Waals surface area contributed by atoms with Crippen molar-refractivity contribution in [2.75, 3.05) is 5.88 Å². The van der Waals surface area contributed by atoms with Gasteiger partial charge in [0.25, 0.3) is 0 Å². The first-order chi connectivity index (χ1) is 5.83. The third kappa shape index (κ3) is 3.42. The summed E-state index contributed by atoms with van der Waals surface area (Å²) < 4.78 is 0. The van der Waals surface area contributed by atoms with Crippen LogP contribution in [0.4, 0.5) is 0 Å². The molecule has 0 spiro atoms. The minimum atomic E-state index is 0.723. The van der Waals surface area contributed by atoms with E-state index in [0.717, 1.165) is 18.7 Å². The predicted molar refractivity (Wildman–Crippen MR) is 57.1 cm³/mol. The Hall–Kier alpha value is -0.270. The number of allylic oxidation sites excluding steroid dienone is 2. The molecule has 0 aromatic carbocycles. The number of thiophene rings is 1. The highest BCUT2D eigenvalue weighted by molar-refractivity contribution is 7.07. The topological polar surface area (TPSA) is 0 Å². The van der Waals surface area contributed by atoms with Crippen LogP contribution in [0.1, 0.15) is 18.9 Å². The van der Waals surface area contributed by atoms with Crippen molar-refractivity contribution >= 4 is 22.9 Å². The monoisotopic (exact) mass is 200 g/mol. The quantitative estimate of drug-likeness (QED) is 0.512. The van der Waals surface area contributed by atoms with Crippen molar-refractivity contribution in [1.82, 2.24) is 0 Å². The van der Waals surface area contributed by atoms with Gasteiger partial charge in [-0.3, -0.25) is 0 Å². The molecule has 12 heavy (non-hydrogen) atoms. The highest BCUT2D eigenvalue weighted by Crippen LogP contribution is 2.11. The third-order valence-corrected chi connectivity index (χ3v) is 2.62. The lowest BCUT2D eigenvalue weighted by Crippen LogP contribution is -1.83. The number of hydrogen-bond acceptors (Lipinski definition) is 1. The fourth-order valence-corrected chi connectivity index (χ4v) is 1.87. The van der Waals surface area contributed by atoms with Crippen molar-refractivity contribution < 1.29 is 0 Å². The molecular formula is C10H13ClS. The number of halogens is 1. The van der Waals surface area contributed by atoms with E-state index >= 15 is 0 Å². The van der Waals surface area contributed by atoms with Gasteiger partial charge in [0.2, 0.25) is 0 Å². The molecule has 1 heterocycles. The summed E-state index contributed by atoms with van der Waals surface area (Å²) in [6.07, 6.45) is 4.27. The Morgan fingerprint density at radius 1 is 1.67 bits per heavy atom. The van der Waals surface area contributed by atoms with Crippen LogP contribution in [-0.4, -0.2) is 5.88 Å². The Morgan fingerprint density at radius 3 is 3.08 bits per heavy atom. The molecule has 0 fully saturated rings. The molecule has 0 N–H and O–H groups in total. The van der Waals surface area contributed by atoms with E-state index in [9.17, 15) is 0 Å². The summed E-state index contributed by atoms with van der Waals surface area (Å²) in [4.78, 5) is 0. The van der Waals surface area contributed by atoms with Crippen molar-refractivity contribution in [3.05, 3.63) is 34.0 Å². The molecule has 1 aromatic heterocycles. The van der Waals surface area contributed by atoms with Gasteiger partial charge in [0.05, 0.1) is 0 Å². The lowest BCUT2D eigenvalue weighted by atomic mass is 10.1. The molecule has 1 rings (SSSR count). The van der Waals surface area contributed by atoms with Gasteiger partial charge in [0.15, 0.2) is 0 Å². The van der Waals surface area contributed by atoms with Crippen molar-refractivity contribution in [2.24, 2.45) is 0 Å². The van der Waals surface area contributed by atoms with Gasteiger partial charge in [0.1, 0.15) is 0 Å². The zero-order chi connectivity index (χ0) is 8.81. The van der Waals surface area contributed by atoms with Crippen molar-refractivity contribution in [2.45, 2.75) is 19.8 Å². The van der Waals surface area contributed by atoms with Crippen molar-refractivity contribution in [3.8, 4) is 0 Å². The molecule has 0 amide bonds. The molecule has 0 saturated heterocycles. The van der Waals surface area contributed by atoms with Crippen LogP contribution in [0.3, 0.4) is 0 Å². The molecule has 0 aliphatic heterocycles. The summed E-state index contributed by atoms with van der Waals surface area (Å²) in [7, 11) is 0. The van der Waals surface area contributed by atoms with Crippen LogP contribution in [0, 0.1) is 0 Å². The van der Waals surface area contributed by atoms with E-state index in [2.05, 4.69) is 29.8 Å². The summed E-state index contributed by atoms with van der Waals surface area (Å²) in [6.45, 7) is 2.16. The minimum absolute atomic E-state index is 0.723. The van der Waals surface area contributed by atoms with Crippen LogP contribution in [0.25, 0.3) is 0 Å². The first-order valence-corrected chi connectivity index (χ1v) is 5.53. The van der Waals surface area contributed by atoms with Crippen LogP contribution >= 0.6 is 22.9 Å². The SMILES string of the molecule is CC(=CCCCl)Cc1ccsc1. The second kappa shape index (κ2) is 5.39. The Kier molecular flexibility index (Phi) is 4.41. The standard InChI is InChI=1S/C10H13ClS/c1-9(3-2-5-11)7-10-4-6-12-8-10/h3-4,6,8H,2,5,7H2,1H3. The molecule has 0 aliphatic carbocycles. The van der Waals surface area contributed by atoms with Gasteiger partial charge in [-0.15, -0.1) is 11.6 Å². The highest BCUT2D eigenvalue weighted by atomic mass is 35.5. The smallest absolute Gasteiger partial charge is 0.0258 e. The molecule has 0 radical (unpaired) electrons. The third-order valence-electron chi connectivity index (χ3n) is 1.66. The second-order valence-electron chi connectivity index (χ2n) is 2.84. The highest BCUT2D eigenvalue weighted by Gasteiger charge is 1.93. The van der Waals surface area contributed by atoms with E-state index < -0.39 is 0 Å². The summed E-state index contributed by atoms with van der Waals surface area (Å²) in [5.41, 5.74) is 2.82. The summed E-state index contributed by atoms with van der Waals surface area (Å²) in [5.74, 6) is 0.723. The van der Waals surface area contributed by atoms with Gasteiger partial charge in [-0.05, 0) is 42.2 Å². The fourth-order valence-electron chi connectivity index (χ4n) is 1.09. The van der Waals surface area contributed by atoms with Crippen LogP contribution in [0.5, 0.6) is 0 Å². The van der Waals surface area contributed by atoms with Gasteiger partial charge in [0, 0.05) is 5.88 Å². The van der Waals surface area contributed by atoms with E-state index in [1.165, 1.54) is 11.1 Å². The maximum Gasteiger partial charge on any atom is 0.0258 e. The van der Waals surface area contributed by atoms with Gasteiger partial charge >= 0.3 is 0 Å². The molecule has 0 nitrogen and oxygen atoms in total. The van der Waals surface area contributed by atoms with E-state index in [4.69, 9.17) is 11.6 Å². The maximum absolute atomic E-state index is 5.58. The van der Waals surface area contributed by atoms with Crippen LogP contribution in [0.15, 0.2) is 28.5 Å². The lowest BCUT2D eigenvalue weighted by molar-refractivity contribution is 1.10. The Balaban J connectivity index is 2.41. The van der Waals surface area contributed by atoms with E-state index in [0.29, 0.717) is 0 Å². The molecule has 0 aliphatic rings. The second-order valence-corrected chi connectivity index (χ2v) is 3.99. The van der Waals surface area contributed by atoms with E-state index in [-0.39, 0.29) is 0 Å². The van der Waals surface area contributed by atoms with Crippen LogP contribution < -0.4 is 0 Å². The number of alkyl halides is 1. The molecule has 66 valence electrons. The Morgan fingerprint density at radius 2 is 2.50 bits per heavy atom. The number of rotatable bonds is 4. The lowest BCUT2D eigenvalue weighted by Gasteiger charge is -1.97.